The molecule has 0 aromatic heterocycles. The van der Waals surface area contributed by atoms with Gasteiger partial charge in [0.05, 0.1) is 6.42 Å². The standard InChI is InChI=1S/C6H7F5/c1-2-6(10,11)3-4(7)5(8)9/h2,4-5H,1,3H2. The van der Waals surface area contributed by atoms with Gasteiger partial charge in [0.2, 0.25) is 0 Å². The molecule has 1 unspecified atom stereocenters. The van der Waals surface area contributed by atoms with Crippen molar-refractivity contribution in [3.63, 3.8) is 0 Å². The summed E-state index contributed by atoms with van der Waals surface area (Å²) in [5.41, 5.74) is 0. The monoisotopic (exact) mass is 174 g/mol. The molecule has 0 fully saturated rings. The summed E-state index contributed by atoms with van der Waals surface area (Å²) in [7, 11) is 0. The van der Waals surface area contributed by atoms with Gasteiger partial charge in [-0.15, -0.1) is 0 Å². The summed E-state index contributed by atoms with van der Waals surface area (Å²) in [4.78, 5) is 0. The molecule has 0 rings (SSSR count). The van der Waals surface area contributed by atoms with E-state index in [1.54, 1.807) is 0 Å². The Labute approximate surface area is 60.7 Å². The number of alkyl halides is 5. The lowest BCUT2D eigenvalue weighted by Crippen LogP contribution is -2.23. The van der Waals surface area contributed by atoms with E-state index in [1.165, 1.54) is 0 Å². The van der Waals surface area contributed by atoms with Gasteiger partial charge in [-0.3, -0.25) is 0 Å². The van der Waals surface area contributed by atoms with Crippen molar-refractivity contribution >= 4 is 0 Å². The fourth-order valence-electron chi connectivity index (χ4n) is 0.432. The van der Waals surface area contributed by atoms with Gasteiger partial charge < -0.3 is 0 Å². The second kappa shape index (κ2) is 3.69. The summed E-state index contributed by atoms with van der Waals surface area (Å²) in [6, 6.07) is 0. The highest BCUT2D eigenvalue weighted by Gasteiger charge is 2.33. The molecule has 0 nitrogen and oxygen atoms in total. The van der Waals surface area contributed by atoms with Crippen molar-refractivity contribution in [2.75, 3.05) is 0 Å². The molecule has 0 aromatic carbocycles. The Morgan fingerprint density at radius 3 is 2.00 bits per heavy atom. The van der Waals surface area contributed by atoms with Gasteiger partial charge in [0.15, 0.2) is 6.17 Å². The van der Waals surface area contributed by atoms with E-state index < -0.39 is 24.9 Å². The van der Waals surface area contributed by atoms with Crippen molar-refractivity contribution in [3.8, 4) is 0 Å². The SMILES string of the molecule is C=CC(F)(F)CC(F)C(F)F. The molecule has 1 atom stereocenters. The molecule has 0 amide bonds. The number of allylic oxidation sites excluding steroid dienone is 1. The Hall–Kier alpha value is -0.610. The van der Waals surface area contributed by atoms with Gasteiger partial charge in [-0.05, 0) is 6.08 Å². The minimum absolute atomic E-state index is 0.155. The van der Waals surface area contributed by atoms with E-state index in [0.29, 0.717) is 0 Å². The lowest BCUT2D eigenvalue weighted by atomic mass is 10.1. The Bertz CT molecular complexity index is 131. The summed E-state index contributed by atoms with van der Waals surface area (Å²) in [5.74, 6) is -3.55. The van der Waals surface area contributed by atoms with Crippen molar-refractivity contribution in [3.05, 3.63) is 12.7 Å². The van der Waals surface area contributed by atoms with Crippen LogP contribution in [-0.2, 0) is 0 Å². The maximum atomic E-state index is 12.1. The zero-order valence-corrected chi connectivity index (χ0v) is 5.54. The summed E-state index contributed by atoms with van der Waals surface area (Å²) in [6.07, 6.45) is -7.50. The molecule has 0 bridgehead atoms. The molecule has 0 radical (unpaired) electrons. The molecular formula is C6H7F5. The second-order valence-electron chi connectivity index (χ2n) is 2.02. The van der Waals surface area contributed by atoms with Crippen LogP contribution in [0.2, 0.25) is 0 Å². The van der Waals surface area contributed by atoms with Gasteiger partial charge in [-0.1, -0.05) is 6.58 Å². The number of halogens is 5. The molecule has 0 heterocycles. The fraction of sp³-hybridized carbons (Fsp3) is 0.667. The van der Waals surface area contributed by atoms with Crippen LogP contribution >= 0.6 is 0 Å². The quantitative estimate of drug-likeness (QED) is 0.454. The summed E-state index contributed by atoms with van der Waals surface area (Å²) in [5, 5.41) is 0. The lowest BCUT2D eigenvalue weighted by molar-refractivity contribution is -0.0294. The molecule has 11 heavy (non-hydrogen) atoms. The van der Waals surface area contributed by atoms with Gasteiger partial charge >= 0.3 is 0 Å². The molecule has 0 spiro atoms. The molecule has 0 saturated heterocycles. The van der Waals surface area contributed by atoms with E-state index in [0.717, 1.165) is 0 Å². The first kappa shape index (κ1) is 10.4. The number of hydrogen-bond donors (Lipinski definition) is 0. The molecule has 0 aliphatic rings. The highest BCUT2D eigenvalue weighted by atomic mass is 19.3. The van der Waals surface area contributed by atoms with Crippen LogP contribution in [0.5, 0.6) is 0 Å². The van der Waals surface area contributed by atoms with E-state index in [4.69, 9.17) is 0 Å². The zero-order valence-electron chi connectivity index (χ0n) is 5.54. The predicted molar refractivity (Wildman–Crippen MR) is 30.7 cm³/mol. The van der Waals surface area contributed by atoms with Crippen molar-refractivity contribution in [2.24, 2.45) is 0 Å². The van der Waals surface area contributed by atoms with Crippen LogP contribution < -0.4 is 0 Å². The Morgan fingerprint density at radius 1 is 1.27 bits per heavy atom. The average Bonchev–Trinajstić information content (AvgIpc) is 1.87. The van der Waals surface area contributed by atoms with E-state index in [2.05, 4.69) is 6.58 Å². The largest absolute Gasteiger partial charge is 0.269 e. The van der Waals surface area contributed by atoms with Crippen LogP contribution in [0.3, 0.4) is 0 Å². The second-order valence-corrected chi connectivity index (χ2v) is 2.02. The highest BCUT2D eigenvalue weighted by Crippen LogP contribution is 2.25. The zero-order chi connectivity index (χ0) is 9.07. The van der Waals surface area contributed by atoms with Crippen molar-refractivity contribution in [1.29, 1.82) is 0 Å². The predicted octanol–water partition coefficient (Wildman–Crippen LogP) is 2.80. The third kappa shape index (κ3) is 3.95. The topological polar surface area (TPSA) is 0 Å². The maximum absolute atomic E-state index is 12.1. The van der Waals surface area contributed by atoms with E-state index in [9.17, 15) is 22.0 Å². The van der Waals surface area contributed by atoms with Crippen molar-refractivity contribution < 1.29 is 22.0 Å². The number of rotatable bonds is 4. The molecule has 5 heteroatoms. The lowest BCUT2D eigenvalue weighted by Gasteiger charge is -2.13. The van der Waals surface area contributed by atoms with Crippen LogP contribution in [0.4, 0.5) is 22.0 Å². The summed E-state index contributed by atoms with van der Waals surface area (Å²) < 4.78 is 58.8. The van der Waals surface area contributed by atoms with Gasteiger partial charge in [-0.25, -0.2) is 22.0 Å². The van der Waals surface area contributed by atoms with Gasteiger partial charge in [-0.2, -0.15) is 0 Å². The van der Waals surface area contributed by atoms with E-state index in [-0.39, 0.29) is 6.08 Å². The minimum Gasteiger partial charge on any atom is -0.241 e. The summed E-state index contributed by atoms with van der Waals surface area (Å²) >= 11 is 0. The molecule has 66 valence electrons. The highest BCUT2D eigenvalue weighted by molar-refractivity contribution is 4.89. The molecule has 0 N–H and O–H groups in total. The van der Waals surface area contributed by atoms with Crippen LogP contribution in [0.25, 0.3) is 0 Å². The van der Waals surface area contributed by atoms with Crippen LogP contribution in [0.15, 0.2) is 12.7 Å². The van der Waals surface area contributed by atoms with Crippen LogP contribution in [0, 0.1) is 0 Å². The van der Waals surface area contributed by atoms with Gasteiger partial charge in [0.1, 0.15) is 0 Å². The molecule has 0 aromatic rings. The normalized spacial score (nSPS) is 15.1. The molecule has 0 saturated carbocycles. The first-order valence-electron chi connectivity index (χ1n) is 2.82. The first-order valence-corrected chi connectivity index (χ1v) is 2.82. The summed E-state index contributed by atoms with van der Waals surface area (Å²) in [6.45, 7) is 2.68. The Balaban J connectivity index is 3.93. The fourth-order valence-corrected chi connectivity index (χ4v) is 0.432. The molecule has 0 aliphatic heterocycles. The third-order valence-electron chi connectivity index (χ3n) is 1.04. The van der Waals surface area contributed by atoms with Crippen molar-refractivity contribution in [1.82, 2.24) is 0 Å². The Kier molecular flexibility index (Phi) is 3.48. The third-order valence-corrected chi connectivity index (χ3v) is 1.04. The van der Waals surface area contributed by atoms with E-state index in [1.807, 2.05) is 0 Å². The molecular weight excluding hydrogens is 167 g/mol. The molecule has 0 aliphatic carbocycles. The van der Waals surface area contributed by atoms with Crippen molar-refractivity contribution in [2.45, 2.75) is 24.9 Å². The van der Waals surface area contributed by atoms with Gasteiger partial charge in [0.25, 0.3) is 12.3 Å². The number of hydrogen-bond acceptors (Lipinski definition) is 0. The van der Waals surface area contributed by atoms with Crippen LogP contribution in [0.1, 0.15) is 6.42 Å². The van der Waals surface area contributed by atoms with E-state index >= 15 is 0 Å². The smallest absolute Gasteiger partial charge is 0.241 e. The minimum atomic E-state index is -3.55. The van der Waals surface area contributed by atoms with Gasteiger partial charge in [0, 0.05) is 0 Å². The Morgan fingerprint density at radius 2 is 1.73 bits per heavy atom. The van der Waals surface area contributed by atoms with Crippen LogP contribution in [-0.4, -0.2) is 18.5 Å². The first-order chi connectivity index (χ1) is 4.89. The average molecular weight is 174 g/mol. The maximum Gasteiger partial charge on any atom is 0.269 e.